The third-order valence-corrected chi connectivity index (χ3v) is 3.30. The van der Waals surface area contributed by atoms with Gasteiger partial charge in [0, 0.05) is 18.6 Å². The predicted octanol–water partition coefficient (Wildman–Crippen LogP) is 4.29. The van der Waals surface area contributed by atoms with Gasteiger partial charge >= 0.3 is 0 Å². The van der Waals surface area contributed by atoms with Gasteiger partial charge in [0.1, 0.15) is 6.54 Å². The highest BCUT2D eigenvalue weighted by atomic mass is 14.9. The molecule has 0 fully saturated rings. The van der Waals surface area contributed by atoms with Gasteiger partial charge in [0.2, 0.25) is 0 Å². The van der Waals surface area contributed by atoms with Crippen LogP contribution in [0.15, 0.2) is 24.5 Å². The van der Waals surface area contributed by atoms with E-state index in [1.165, 1.54) is 56.9 Å². The van der Waals surface area contributed by atoms with Crippen LogP contribution >= 0.6 is 0 Å². The number of nitrogens with zero attached hydrogens (tertiary/aromatic N) is 1. The van der Waals surface area contributed by atoms with E-state index >= 15 is 0 Å². The summed E-state index contributed by atoms with van der Waals surface area (Å²) in [5, 5.41) is 0. The summed E-state index contributed by atoms with van der Waals surface area (Å²) in [6, 6.07) is 4.57. The molecule has 0 aliphatic carbocycles. The van der Waals surface area contributed by atoms with Crippen molar-refractivity contribution in [1.82, 2.24) is 0 Å². The zero-order chi connectivity index (χ0) is 12.3. The van der Waals surface area contributed by atoms with Crippen LogP contribution in [0, 0.1) is 0 Å². The molecule has 1 rings (SSSR count). The Bertz CT molecular complexity index is 276. The summed E-state index contributed by atoms with van der Waals surface area (Å²) in [6.07, 6.45) is 15.1. The first-order valence-corrected chi connectivity index (χ1v) is 7.34. The van der Waals surface area contributed by atoms with E-state index in [0.717, 1.165) is 6.54 Å². The van der Waals surface area contributed by atoms with E-state index in [4.69, 9.17) is 0 Å². The first-order chi connectivity index (χ1) is 8.36. The minimum Gasteiger partial charge on any atom is -0.205 e. The second-order valence-corrected chi connectivity index (χ2v) is 4.96. The minimum atomic E-state index is 1.16. The maximum Gasteiger partial charge on any atom is 0.169 e. The van der Waals surface area contributed by atoms with Gasteiger partial charge in [-0.3, -0.25) is 0 Å². The van der Waals surface area contributed by atoms with E-state index < -0.39 is 0 Å². The summed E-state index contributed by atoms with van der Waals surface area (Å²) in [5.74, 6) is 0. The van der Waals surface area contributed by atoms with Gasteiger partial charge in [-0.05, 0) is 18.4 Å². The highest BCUT2D eigenvalue weighted by molar-refractivity contribution is 5.07. The molecule has 1 nitrogen and oxygen atoms in total. The topological polar surface area (TPSA) is 3.88 Å². The number of aryl methyl sites for hydroxylation is 2. The summed E-state index contributed by atoms with van der Waals surface area (Å²) in [4.78, 5) is 0. The van der Waals surface area contributed by atoms with E-state index in [2.05, 4.69) is 42.9 Å². The Morgan fingerprint density at radius 3 is 2.12 bits per heavy atom. The van der Waals surface area contributed by atoms with E-state index in [0.29, 0.717) is 0 Å². The fourth-order valence-corrected chi connectivity index (χ4v) is 2.08. The van der Waals surface area contributed by atoms with Gasteiger partial charge in [-0.2, -0.15) is 0 Å². The molecule has 0 spiro atoms. The van der Waals surface area contributed by atoms with Crippen molar-refractivity contribution in [2.24, 2.45) is 0 Å². The van der Waals surface area contributed by atoms with Gasteiger partial charge in [0.05, 0.1) is 0 Å². The molecule has 1 heteroatoms. The Balaban J connectivity index is 2.20. The SMILES string of the molecule is CCCCCCCc1cc[n+](CCCC)cc1. The first-order valence-electron chi connectivity index (χ1n) is 7.34. The van der Waals surface area contributed by atoms with Gasteiger partial charge < -0.3 is 0 Å². The Hall–Kier alpha value is -0.850. The van der Waals surface area contributed by atoms with Gasteiger partial charge in [0.15, 0.2) is 12.4 Å². The first kappa shape index (κ1) is 14.2. The van der Waals surface area contributed by atoms with Crippen LogP contribution < -0.4 is 4.57 Å². The summed E-state index contributed by atoms with van der Waals surface area (Å²) in [7, 11) is 0. The normalized spacial score (nSPS) is 10.7. The van der Waals surface area contributed by atoms with Gasteiger partial charge in [-0.1, -0.05) is 46.0 Å². The third kappa shape index (κ3) is 6.45. The molecule has 0 saturated heterocycles. The molecule has 0 unspecified atom stereocenters. The molecule has 0 aromatic carbocycles. The third-order valence-electron chi connectivity index (χ3n) is 3.30. The molecule has 0 amide bonds. The number of rotatable bonds is 9. The second kappa shape index (κ2) is 9.21. The molecule has 0 atom stereocenters. The van der Waals surface area contributed by atoms with Crippen LogP contribution in [0.4, 0.5) is 0 Å². The Kier molecular flexibility index (Phi) is 7.70. The monoisotopic (exact) mass is 234 g/mol. The number of pyridine rings is 1. The lowest BCUT2D eigenvalue weighted by Gasteiger charge is -2.01. The van der Waals surface area contributed by atoms with Crippen molar-refractivity contribution in [3.63, 3.8) is 0 Å². The molecule has 17 heavy (non-hydrogen) atoms. The van der Waals surface area contributed by atoms with Crippen LogP contribution in [-0.4, -0.2) is 0 Å². The second-order valence-electron chi connectivity index (χ2n) is 4.96. The van der Waals surface area contributed by atoms with Crippen molar-refractivity contribution in [2.75, 3.05) is 0 Å². The highest BCUT2D eigenvalue weighted by Gasteiger charge is 2.00. The fraction of sp³-hybridized carbons (Fsp3) is 0.688. The average molecular weight is 234 g/mol. The minimum absolute atomic E-state index is 1.16. The van der Waals surface area contributed by atoms with Gasteiger partial charge in [-0.15, -0.1) is 0 Å². The van der Waals surface area contributed by atoms with Crippen LogP contribution in [0.1, 0.15) is 64.4 Å². The van der Waals surface area contributed by atoms with Crippen LogP contribution in [0.25, 0.3) is 0 Å². The molecule has 0 aliphatic heterocycles. The van der Waals surface area contributed by atoms with Crippen LogP contribution in [-0.2, 0) is 13.0 Å². The molecule has 0 bridgehead atoms. The number of hydrogen-bond donors (Lipinski definition) is 0. The molecular formula is C16H28N+. The van der Waals surface area contributed by atoms with E-state index in [9.17, 15) is 0 Å². The van der Waals surface area contributed by atoms with Gasteiger partial charge in [-0.25, -0.2) is 4.57 Å². The summed E-state index contributed by atoms with van der Waals surface area (Å²) in [5.41, 5.74) is 1.49. The molecule has 96 valence electrons. The summed E-state index contributed by atoms with van der Waals surface area (Å²) in [6.45, 7) is 5.67. The maximum absolute atomic E-state index is 2.30. The molecule has 0 radical (unpaired) electrons. The molecule has 0 aliphatic rings. The number of aromatic nitrogens is 1. The van der Waals surface area contributed by atoms with Gasteiger partial charge in [0.25, 0.3) is 0 Å². The lowest BCUT2D eigenvalue weighted by Crippen LogP contribution is -2.32. The van der Waals surface area contributed by atoms with E-state index in [1.54, 1.807) is 0 Å². The van der Waals surface area contributed by atoms with Crippen LogP contribution in [0.5, 0.6) is 0 Å². The largest absolute Gasteiger partial charge is 0.205 e. The maximum atomic E-state index is 2.30. The zero-order valence-electron chi connectivity index (χ0n) is 11.6. The van der Waals surface area contributed by atoms with Crippen molar-refractivity contribution >= 4 is 0 Å². The number of unbranched alkanes of at least 4 members (excludes halogenated alkanes) is 5. The van der Waals surface area contributed by atoms with E-state index in [1.807, 2.05) is 0 Å². The van der Waals surface area contributed by atoms with Crippen molar-refractivity contribution in [2.45, 2.75) is 71.8 Å². The summed E-state index contributed by atoms with van der Waals surface area (Å²) >= 11 is 0. The van der Waals surface area contributed by atoms with Crippen LogP contribution in [0.2, 0.25) is 0 Å². The fourth-order valence-electron chi connectivity index (χ4n) is 2.08. The standard InChI is InChI=1S/C16H28N/c1-3-5-7-8-9-10-16-11-14-17(15-12-16)13-6-4-2/h11-12,14-15H,3-10,13H2,1-2H3/q+1. The van der Waals surface area contributed by atoms with E-state index in [-0.39, 0.29) is 0 Å². The van der Waals surface area contributed by atoms with Crippen molar-refractivity contribution in [3.05, 3.63) is 30.1 Å². The van der Waals surface area contributed by atoms with Crippen LogP contribution in [0.3, 0.4) is 0 Å². The molecular weight excluding hydrogens is 206 g/mol. The molecule has 0 saturated carbocycles. The zero-order valence-corrected chi connectivity index (χ0v) is 11.6. The van der Waals surface area contributed by atoms with Crippen molar-refractivity contribution < 1.29 is 4.57 Å². The summed E-state index contributed by atoms with van der Waals surface area (Å²) < 4.78 is 2.30. The number of hydrogen-bond acceptors (Lipinski definition) is 0. The quantitative estimate of drug-likeness (QED) is 0.443. The Labute approximate surface area is 107 Å². The van der Waals surface area contributed by atoms with Crippen molar-refractivity contribution in [3.8, 4) is 0 Å². The molecule has 1 heterocycles. The highest BCUT2D eigenvalue weighted by Crippen LogP contribution is 2.07. The molecule has 1 aromatic rings. The Morgan fingerprint density at radius 2 is 1.47 bits per heavy atom. The lowest BCUT2D eigenvalue weighted by molar-refractivity contribution is -0.697. The predicted molar refractivity (Wildman–Crippen MR) is 74.0 cm³/mol. The Morgan fingerprint density at radius 1 is 0.824 bits per heavy atom. The lowest BCUT2D eigenvalue weighted by atomic mass is 10.1. The molecule has 0 N–H and O–H groups in total. The smallest absolute Gasteiger partial charge is 0.169 e. The molecule has 1 aromatic heterocycles. The average Bonchev–Trinajstić information content (AvgIpc) is 2.37. The van der Waals surface area contributed by atoms with Crippen molar-refractivity contribution in [1.29, 1.82) is 0 Å².